The Labute approximate surface area is 198 Å². The molecule has 0 unspecified atom stereocenters. The summed E-state index contributed by atoms with van der Waals surface area (Å²) < 4.78 is 37.3. The van der Waals surface area contributed by atoms with Gasteiger partial charge in [-0.1, -0.05) is 11.3 Å². The third-order valence-corrected chi connectivity index (χ3v) is 4.63. The Hall–Kier alpha value is -4.82. The van der Waals surface area contributed by atoms with Crippen molar-refractivity contribution in [3.8, 4) is 5.75 Å². The number of aliphatic carboxylic acids is 1. The molecule has 1 aromatic carbocycles. The van der Waals surface area contributed by atoms with E-state index < -0.39 is 23.1 Å². The predicted octanol–water partition coefficient (Wildman–Crippen LogP) is 1.23. The van der Waals surface area contributed by atoms with Crippen molar-refractivity contribution < 1.29 is 32.6 Å². The number of carboxylic acids is 1. The fourth-order valence-corrected chi connectivity index (χ4v) is 2.85. The summed E-state index contributed by atoms with van der Waals surface area (Å²) in [6.07, 6.45) is -3.42. The molecule has 0 aliphatic heterocycles. The van der Waals surface area contributed by atoms with Gasteiger partial charge in [0.05, 0.1) is 17.8 Å². The molecule has 0 saturated heterocycles. The lowest BCUT2D eigenvalue weighted by Gasteiger charge is -2.17. The molecule has 0 fully saturated rings. The van der Waals surface area contributed by atoms with Gasteiger partial charge in [-0.3, -0.25) is 24.5 Å². The smallest absolute Gasteiger partial charge is 0.484 e. The molecule has 188 valence electrons. The molecule has 3 aromatic heterocycles. The van der Waals surface area contributed by atoms with E-state index in [4.69, 9.17) is 14.6 Å². The number of aromatic amines is 2. The van der Waals surface area contributed by atoms with Gasteiger partial charge < -0.3 is 19.7 Å². The molecule has 0 atom stereocenters. The molecule has 0 bridgehead atoms. The normalized spacial score (nSPS) is 11.0. The van der Waals surface area contributed by atoms with E-state index in [2.05, 4.69) is 25.4 Å². The zero-order chi connectivity index (χ0) is 26.5. The number of H-pyrrole nitrogens is 2. The molecular weight excluding hydrogens is 489 g/mol. The molecule has 3 heterocycles. The van der Waals surface area contributed by atoms with Crippen LogP contribution in [0, 0.1) is 0 Å². The number of amides is 1. The number of hydrogen-bond acceptors (Lipinski definition) is 8. The minimum Gasteiger partial charge on any atom is -0.484 e. The van der Waals surface area contributed by atoms with Crippen LogP contribution < -0.4 is 15.7 Å². The maximum Gasteiger partial charge on any atom is 0.490 e. The van der Waals surface area contributed by atoms with Gasteiger partial charge in [0.1, 0.15) is 11.3 Å². The van der Waals surface area contributed by atoms with Crippen molar-refractivity contribution in [3.05, 3.63) is 68.9 Å². The third-order valence-electron chi connectivity index (χ3n) is 4.63. The number of pyridine rings is 1. The van der Waals surface area contributed by atoms with Crippen molar-refractivity contribution in [1.29, 1.82) is 0 Å². The van der Waals surface area contributed by atoms with E-state index in [-0.39, 0.29) is 34.5 Å². The van der Waals surface area contributed by atoms with Crippen molar-refractivity contribution in [3.63, 3.8) is 0 Å². The highest BCUT2D eigenvalue weighted by Crippen LogP contribution is 2.17. The van der Waals surface area contributed by atoms with Gasteiger partial charge in [0.2, 0.25) is 5.43 Å². The highest BCUT2D eigenvalue weighted by molar-refractivity contribution is 5.87. The molecule has 0 radical (unpaired) electrons. The second kappa shape index (κ2) is 10.6. The van der Waals surface area contributed by atoms with Gasteiger partial charge in [-0.2, -0.15) is 13.2 Å². The zero-order valence-corrected chi connectivity index (χ0v) is 18.4. The predicted molar refractivity (Wildman–Crippen MR) is 118 cm³/mol. The highest BCUT2D eigenvalue weighted by atomic mass is 19.4. The third kappa shape index (κ3) is 6.19. The summed E-state index contributed by atoms with van der Waals surface area (Å²) in [4.78, 5) is 54.3. The SMILES string of the molecule is CN(Cc1ccccn1)C(=O)COc1ccc2c(=O)c3[nH]nnc3c(=O)[nH]c2c1.O=C(O)C(F)(F)F. The van der Waals surface area contributed by atoms with Crippen LogP contribution in [0.5, 0.6) is 5.75 Å². The Balaban J connectivity index is 0.000000454. The molecule has 3 N–H and O–H groups in total. The van der Waals surface area contributed by atoms with Crippen LogP contribution in [0.3, 0.4) is 0 Å². The van der Waals surface area contributed by atoms with Crippen LogP contribution >= 0.6 is 0 Å². The maximum absolute atomic E-state index is 12.6. The van der Waals surface area contributed by atoms with Crippen LogP contribution in [0.15, 0.2) is 52.2 Å². The van der Waals surface area contributed by atoms with Crippen LogP contribution in [0.4, 0.5) is 13.2 Å². The fourth-order valence-electron chi connectivity index (χ4n) is 2.85. The highest BCUT2D eigenvalue weighted by Gasteiger charge is 2.38. The Kier molecular flexibility index (Phi) is 7.61. The Morgan fingerprint density at radius 1 is 1.17 bits per heavy atom. The van der Waals surface area contributed by atoms with Crippen molar-refractivity contribution in [2.24, 2.45) is 0 Å². The van der Waals surface area contributed by atoms with Gasteiger partial charge in [0.25, 0.3) is 11.5 Å². The van der Waals surface area contributed by atoms with Crippen LogP contribution in [0.1, 0.15) is 5.69 Å². The molecule has 0 aliphatic carbocycles. The van der Waals surface area contributed by atoms with Crippen molar-refractivity contribution in [2.45, 2.75) is 12.7 Å². The number of carbonyl (C=O) groups is 2. The lowest BCUT2D eigenvalue weighted by molar-refractivity contribution is -0.192. The summed E-state index contributed by atoms with van der Waals surface area (Å²) in [5.74, 6) is -2.66. The first-order valence-electron chi connectivity index (χ1n) is 9.95. The standard InChI is InChI=1S/C19H16N6O4.C2HF3O2/c1-25(9-11-4-2-3-7-20-11)15(26)10-29-12-5-6-13-14(8-12)21-19(28)17-16(18(13)27)22-24-23-17;3-2(4,5)1(6)7/h2-8H,9-10H2,1H3,(H,21,28)(H,22,23,24);(H,6,7). The summed E-state index contributed by atoms with van der Waals surface area (Å²) in [5.41, 5.74) is 0.0422. The summed E-state index contributed by atoms with van der Waals surface area (Å²) in [5, 5.41) is 17.0. The van der Waals surface area contributed by atoms with E-state index in [9.17, 15) is 27.6 Å². The number of ether oxygens (including phenoxy) is 1. The molecule has 0 aliphatic rings. The number of rotatable bonds is 5. The Morgan fingerprint density at radius 3 is 2.53 bits per heavy atom. The molecular formula is C21H17F3N6O6. The number of halogens is 3. The lowest BCUT2D eigenvalue weighted by Crippen LogP contribution is -2.31. The number of likely N-dealkylation sites (N-methyl/N-ethyl adjacent to an activating group) is 1. The summed E-state index contributed by atoms with van der Waals surface area (Å²) in [6, 6.07) is 10.1. The van der Waals surface area contributed by atoms with Gasteiger partial charge in [0.15, 0.2) is 12.1 Å². The second-order valence-electron chi connectivity index (χ2n) is 7.19. The lowest BCUT2D eigenvalue weighted by atomic mass is 10.2. The Bertz CT molecular complexity index is 1520. The minimum atomic E-state index is -5.08. The van der Waals surface area contributed by atoms with E-state index in [1.54, 1.807) is 25.4 Å². The van der Waals surface area contributed by atoms with Gasteiger partial charge >= 0.3 is 12.1 Å². The van der Waals surface area contributed by atoms with Crippen molar-refractivity contribution in [1.82, 2.24) is 30.3 Å². The van der Waals surface area contributed by atoms with Gasteiger partial charge in [-0.15, -0.1) is 5.10 Å². The number of carboxylic acid groups (broad SMARTS) is 1. The van der Waals surface area contributed by atoms with Crippen LogP contribution in [-0.2, 0) is 16.1 Å². The molecule has 0 spiro atoms. The maximum atomic E-state index is 12.6. The van der Waals surface area contributed by atoms with Gasteiger partial charge in [-0.05, 0) is 24.3 Å². The summed E-state index contributed by atoms with van der Waals surface area (Å²) >= 11 is 0. The molecule has 0 saturated carbocycles. The summed E-state index contributed by atoms with van der Waals surface area (Å²) in [7, 11) is 1.66. The van der Waals surface area contributed by atoms with Gasteiger partial charge in [0, 0.05) is 24.7 Å². The van der Waals surface area contributed by atoms with Crippen molar-refractivity contribution in [2.75, 3.05) is 13.7 Å². The minimum absolute atomic E-state index is 0.0289. The molecule has 15 heteroatoms. The van der Waals surface area contributed by atoms with E-state index in [0.717, 1.165) is 5.69 Å². The molecule has 36 heavy (non-hydrogen) atoms. The summed E-state index contributed by atoms with van der Waals surface area (Å²) in [6.45, 7) is 0.158. The zero-order valence-electron chi connectivity index (χ0n) is 18.4. The first kappa shape index (κ1) is 25.8. The van der Waals surface area contributed by atoms with Crippen LogP contribution in [0.25, 0.3) is 21.9 Å². The van der Waals surface area contributed by atoms with Gasteiger partial charge in [-0.25, -0.2) is 4.79 Å². The van der Waals surface area contributed by atoms with Crippen molar-refractivity contribution >= 4 is 33.8 Å². The number of aromatic nitrogens is 5. The number of nitrogens with one attached hydrogen (secondary N) is 2. The molecule has 4 aromatic rings. The first-order chi connectivity index (χ1) is 17.0. The number of alkyl halides is 3. The molecule has 12 nitrogen and oxygen atoms in total. The Morgan fingerprint density at radius 2 is 1.89 bits per heavy atom. The second-order valence-corrected chi connectivity index (χ2v) is 7.19. The van der Waals surface area contributed by atoms with E-state index in [0.29, 0.717) is 12.3 Å². The molecule has 1 amide bonds. The number of fused-ring (bicyclic) bond motifs is 2. The number of carbonyl (C=O) groups excluding carboxylic acids is 1. The van der Waals surface area contributed by atoms with Crippen LogP contribution in [-0.4, -0.2) is 67.1 Å². The first-order valence-corrected chi connectivity index (χ1v) is 9.95. The van der Waals surface area contributed by atoms with E-state index in [1.165, 1.54) is 17.0 Å². The number of benzene rings is 1. The monoisotopic (exact) mass is 506 g/mol. The largest absolute Gasteiger partial charge is 0.490 e. The number of nitrogens with zero attached hydrogens (tertiary/aromatic N) is 4. The van der Waals surface area contributed by atoms with Crippen LogP contribution in [0.2, 0.25) is 0 Å². The van der Waals surface area contributed by atoms with E-state index >= 15 is 0 Å². The quantitative estimate of drug-likeness (QED) is 0.360. The molecule has 4 rings (SSSR count). The topological polar surface area (TPSA) is 171 Å². The average molecular weight is 506 g/mol. The fraction of sp³-hybridized carbons (Fsp3) is 0.190. The number of hydrogen-bond donors (Lipinski definition) is 3. The average Bonchev–Trinajstić information content (AvgIpc) is 3.30. The van der Waals surface area contributed by atoms with E-state index in [1.807, 2.05) is 12.1 Å².